The molecule has 0 aliphatic carbocycles. The lowest BCUT2D eigenvalue weighted by Gasteiger charge is -2.09. The van der Waals surface area contributed by atoms with Crippen LogP contribution in [-0.2, 0) is 10.0 Å². The molecule has 0 aromatic heterocycles. The minimum atomic E-state index is -3.83. The zero-order valence-electron chi connectivity index (χ0n) is 9.34. The first-order valence-electron chi connectivity index (χ1n) is 4.67. The second-order valence-electron chi connectivity index (χ2n) is 3.20. The van der Waals surface area contributed by atoms with E-state index in [0.717, 1.165) is 12.1 Å². The molecule has 1 rings (SSSR count). The van der Waals surface area contributed by atoms with Gasteiger partial charge in [-0.05, 0) is 19.2 Å². The highest BCUT2D eigenvalue weighted by Crippen LogP contribution is 2.30. The van der Waals surface area contributed by atoms with Crippen molar-refractivity contribution < 1.29 is 12.8 Å². The van der Waals surface area contributed by atoms with E-state index in [0.29, 0.717) is 6.54 Å². The molecule has 1 aromatic carbocycles. The van der Waals surface area contributed by atoms with Gasteiger partial charge in [-0.2, -0.15) is 0 Å². The van der Waals surface area contributed by atoms with Crippen molar-refractivity contribution in [3.8, 4) is 0 Å². The van der Waals surface area contributed by atoms with Crippen LogP contribution < -0.4 is 10.0 Å². The lowest BCUT2D eigenvalue weighted by atomic mass is 10.3. The Kier molecular flexibility index (Phi) is 7.43. The highest BCUT2D eigenvalue weighted by Gasteiger charge is 2.22. The SMILES string of the molecule is CNCCNS(=O)(=O)c1c(Cl)cc(F)cc1Cl.Cl. The molecular formula is C9H12Cl3FN2O2S. The largest absolute Gasteiger partial charge is 0.318 e. The van der Waals surface area contributed by atoms with Gasteiger partial charge in [-0.25, -0.2) is 17.5 Å². The summed E-state index contributed by atoms with van der Waals surface area (Å²) in [6.45, 7) is 0.637. The minimum Gasteiger partial charge on any atom is -0.318 e. The van der Waals surface area contributed by atoms with Crippen molar-refractivity contribution in [1.82, 2.24) is 10.0 Å². The molecule has 4 nitrogen and oxygen atoms in total. The average molecular weight is 338 g/mol. The van der Waals surface area contributed by atoms with Crippen molar-refractivity contribution in [3.63, 3.8) is 0 Å². The smallest absolute Gasteiger partial charge is 0.243 e. The molecule has 0 saturated heterocycles. The van der Waals surface area contributed by atoms with Crippen molar-refractivity contribution in [1.29, 1.82) is 0 Å². The molecule has 0 spiro atoms. The summed E-state index contributed by atoms with van der Waals surface area (Å²) in [6, 6.07) is 1.81. The molecule has 0 amide bonds. The van der Waals surface area contributed by atoms with Crippen molar-refractivity contribution in [2.45, 2.75) is 4.90 Å². The number of sulfonamides is 1. The second-order valence-corrected chi connectivity index (χ2v) is 5.72. The predicted molar refractivity (Wildman–Crippen MR) is 72.8 cm³/mol. The van der Waals surface area contributed by atoms with Gasteiger partial charge in [0.2, 0.25) is 10.0 Å². The predicted octanol–water partition coefficient (Wildman–Crippen LogP) is 2.05. The molecule has 104 valence electrons. The molecule has 0 bridgehead atoms. The van der Waals surface area contributed by atoms with Crippen LogP contribution in [0.4, 0.5) is 4.39 Å². The van der Waals surface area contributed by atoms with Crippen LogP contribution in [0.1, 0.15) is 0 Å². The summed E-state index contributed by atoms with van der Waals surface area (Å²) in [5.74, 6) is -0.686. The molecule has 18 heavy (non-hydrogen) atoms. The number of halogens is 4. The molecule has 1 aromatic rings. The van der Waals surface area contributed by atoms with Crippen LogP contribution in [0.25, 0.3) is 0 Å². The van der Waals surface area contributed by atoms with Crippen LogP contribution in [0.3, 0.4) is 0 Å². The quantitative estimate of drug-likeness (QED) is 0.809. The van der Waals surface area contributed by atoms with Gasteiger partial charge in [0.1, 0.15) is 10.7 Å². The molecule has 0 fully saturated rings. The van der Waals surface area contributed by atoms with E-state index in [1.807, 2.05) is 0 Å². The summed E-state index contributed by atoms with van der Waals surface area (Å²) < 4.78 is 38.9. The highest BCUT2D eigenvalue weighted by molar-refractivity contribution is 7.89. The lowest BCUT2D eigenvalue weighted by molar-refractivity contribution is 0.579. The van der Waals surface area contributed by atoms with Crippen LogP contribution in [-0.4, -0.2) is 28.6 Å². The Balaban J connectivity index is 0.00000289. The Morgan fingerprint density at radius 3 is 2.17 bits per heavy atom. The number of hydrogen-bond donors (Lipinski definition) is 2. The maximum Gasteiger partial charge on any atom is 0.243 e. The molecule has 9 heteroatoms. The van der Waals surface area contributed by atoms with Gasteiger partial charge in [0.05, 0.1) is 10.0 Å². The van der Waals surface area contributed by atoms with Crippen molar-refractivity contribution in [2.75, 3.05) is 20.1 Å². The molecular weight excluding hydrogens is 326 g/mol. The molecule has 0 radical (unpaired) electrons. The standard InChI is InChI=1S/C9H11Cl2FN2O2S.ClH/c1-13-2-3-14-17(15,16)9-7(10)4-6(12)5-8(9)11;/h4-5,13-14H,2-3H2,1H3;1H. The fourth-order valence-corrected chi connectivity index (χ4v) is 3.38. The van der Waals surface area contributed by atoms with Crippen LogP contribution in [0, 0.1) is 5.82 Å². The molecule has 0 unspecified atom stereocenters. The van der Waals surface area contributed by atoms with Gasteiger partial charge in [-0.1, -0.05) is 23.2 Å². The fourth-order valence-electron chi connectivity index (χ4n) is 1.17. The van der Waals surface area contributed by atoms with Gasteiger partial charge in [-0.15, -0.1) is 12.4 Å². The van der Waals surface area contributed by atoms with Crippen LogP contribution in [0.2, 0.25) is 10.0 Å². The van der Waals surface area contributed by atoms with E-state index in [1.54, 1.807) is 7.05 Å². The van der Waals surface area contributed by atoms with Crippen molar-refractivity contribution in [3.05, 3.63) is 28.0 Å². The van der Waals surface area contributed by atoms with Gasteiger partial charge >= 0.3 is 0 Å². The van der Waals surface area contributed by atoms with Crippen LogP contribution >= 0.6 is 35.6 Å². The van der Waals surface area contributed by atoms with E-state index >= 15 is 0 Å². The molecule has 0 saturated carbocycles. The number of rotatable bonds is 5. The van der Waals surface area contributed by atoms with Crippen LogP contribution in [0.15, 0.2) is 17.0 Å². The van der Waals surface area contributed by atoms with E-state index in [4.69, 9.17) is 23.2 Å². The zero-order valence-corrected chi connectivity index (χ0v) is 12.5. The average Bonchev–Trinajstić information content (AvgIpc) is 2.15. The molecule has 0 atom stereocenters. The number of hydrogen-bond acceptors (Lipinski definition) is 3. The van der Waals surface area contributed by atoms with Gasteiger partial charge in [0.15, 0.2) is 0 Å². The third-order valence-corrected chi connectivity index (χ3v) is 4.28. The molecule has 0 aliphatic heterocycles. The van der Waals surface area contributed by atoms with Crippen LogP contribution in [0.5, 0.6) is 0 Å². The lowest BCUT2D eigenvalue weighted by Crippen LogP contribution is -2.30. The summed E-state index contributed by atoms with van der Waals surface area (Å²) in [5.41, 5.74) is 0. The van der Waals surface area contributed by atoms with E-state index < -0.39 is 15.8 Å². The Labute approximate surface area is 121 Å². The molecule has 0 heterocycles. The van der Waals surface area contributed by atoms with E-state index in [1.165, 1.54) is 0 Å². The molecule has 0 aliphatic rings. The maximum atomic E-state index is 12.9. The normalized spacial score (nSPS) is 11.1. The Bertz CT molecular complexity index is 488. The topological polar surface area (TPSA) is 58.2 Å². The summed E-state index contributed by atoms with van der Waals surface area (Å²) in [6.07, 6.45) is 0. The van der Waals surface area contributed by atoms with E-state index in [2.05, 4.69) is 10.0 Å². The summed E-state index contributed by atoms with van der Waals surface area (Å²) in [7, 11) is -2.14. The Hall–Kier alpha value is -0.110. The van der Waals surface area contributed by atoms with Gasteiger partial charge in [0, 0.05) is 13.1 Å². The summed E-state index contributed by atoms with van der Waals surface area (Å²) >= 11 is 11.3. The third-order valence-electron chi connectivity index (χ3n) is 1.90. The number of likely N-dealkylation sites (N-methyl/N-ethyl adjacent to an activating group) is 1. The first-order chi connectivity index (χ1) is 7.88. The summed E-state index contributed by atoms with van der Waals surface area (Å²) in [4.78, 5) is -0.307. The Morgan fingerprint density at radius 2 is 1.72 bits per heavy atom. The highest BCUT2D eigenvalue weighted by atomic mass is 35.5. The fraction of sp³-hybridized carbons (Fsp3) is 0.333. The zero-order chi connectivity index (χ0) is 13.1. The van der Waals surface area contributed by atoms with Gasteiger partial charge in [0.25, 0.3) is 0 Å². The summed E-state index contributed by atoms with van der Waals surface area (Å²) in [5, 5.41) is 2.29. The van der Waals surface area contributed by atoms with Crippen molar-refractivity contribution >= 4 is 45.6 Å². The molecule has 2 N–H and O–H groups in total. The van der Waals surface area contributed by atoms with E-state index in [9.17, 15) is 12.8 Å². The van der Waals surface area contributed by atoms with Gasteiger partial charge in [-0.3, -0.25) is 0 Å². The van der Waals surface area contributed by atoms with Crippen molar-refractivity contribution in [2.24, 2.45) is 0 Å². The second kappa shape index (κ2) is 7.47. The first-order valence-corrected chi connectivity index (χ1v) is 6.91. The third kappa shape index (κ3) is 4.53. The monoisotopic (exact) mass is 336 g/mol. The minimum absolute atomic E-state index is 0. The first kappa shape index (κ1) is 17.9. The van der Waals surface area contributed by atoms with Gasteiger partial charge < -0.3 is 5.32 Å². The van der Waals surface area contributed by atoms with E-state index in [-0.39, 0.29) is 33.9 Å². The Morgan fingerprint density at radius 1 is 1.22 bits per heavy atom. The number of nitrogens with one attached hydrogen (secondary N) is 2. The number of benzene rings is 1. The maximum absolute atomic E-state index is 12.9.